The van der Waals surface area contributed by atoms with Gasteiger partial charge in [-0.05, 0) is 19.3 Å². The molecule has 0 saturated carbocycles. The summed E-state index contributed by atoms with van der Waals surface area (Å²) in [6, 6.07) is 0. The minimum atomic E-state index is 0.0752. The lowest BCUT2D eigenvalue weighted by Crippen LogP contribution is -1.82. The Morgan fingerprint density at radius 1 is 1.75 bits per heavy atom. The predicted octanol–water partition coefficient (Wildman–Crippen LogP) is 2.63. The average Bonchev–Trinajstić information content (AvgIpc) is 1.83. The zero-order valence-electron chi connectivity index (χ0n) is 5.09. The van der Waals surface area contributed by atoms with Gasteiger partial charge in [0.25, 0.3) is 0 Å². The van der Waals surface area contributed by atoms with Gasteiger partial charge >= 0.3 is 0 Å². The van der Waals surface area contributed by atoms with Gasteiger partial charge in [-0.1, -0.05) is 6.08 Å². The Morgan fingerprint density at radius 3 is 2.75 bits per heavy atom. The number of hydrogen-bond donors (Lipinski definition) is 1. The summed E-state index contributed by atoms with van der Waals surface area (Å²) in [4.78, 5) is 0. The van der Waals surface area contributed by atoms with Crippen LogP contribution in [-0.2, 0) is 0 Å². The zero-order valence-corrected chi connectivity index (χ0v) is 5.90. The number of hydrogen-bond acceptors (Lipinski definition) is 3. The lowest BCUT2D eigenvalue weighted by Gasteiger charge is -1.94. The fourth-order valence-corrected chi connectivity index (χ4v) is 0.668. The van der Waals surface area contributed by atoms with Crippen LogP contribution < -0.4 is 0 Å². The maximum atomic E-state index is 6.56. The summed E-state index contributed by atoms with van der Waals surface area (Å²) < 4.78 is 0. The Kier molecular flexibility index (Phi) is 4.65. The molecule has 0 aliphatic rings. The number of nitrogens with one attached hydrogen (secondary N) is 1. The molecule has 0 aromatic carbocycles. The van der Waals surface area contributed by atoms with E-state index in [4.69, 9.17) is 5.53 Å². The molecule has 0 aliphatic heterocycles. The molecule has 0 amide bonds. The first kappa shape index (κ1) is 7.69. The predicted molar refractivity (Wildman–Crippen MR) is 37.0 cm³/mol. The Morgan fingerprint density at radius 2 is 2.38 bits per heavy atom. The summed E-state index contributed by atoms with van der Waals surface area (Å²) in [6.45, 7) is 3.83. The van der Waals surface area contributed by atoms with E-state index in [-0.39, 0.29) is 5.37 Å². The minimum Gasteiger partial charge on any atom is -0.209 e. The number of rotatable bonds is 3. The highest BCUT2D eigenvalue weighted by atomic mass is 32.2. The monoisotopic (exact) mass is 130 g/mol. The van der Waals surface area contributed by atoms with E-state index >= 15 is 0 Å². The van der Waals surface area contributed by atoms with Crippen molar-refractivity contribution >= 4 is 11.8 Å². The molecule has 8 heavy (non-hydrogen) atoms. The fraction of sp³-hybridized carbons (Fsp3) is 0.600. The molecule has 0 rings (SSSR count). The van der Waals surface area contributed by atoms with Crippen LogP contribution in [0.3, 0.4) is 0 Å². The van der Waals surface area contributed by atoms with Crippen molar-refractivity contribution in [1.29, 1.82) is 5.53 Å². The quantitative estimate of drug-likeness (QED) is 0.586. The fourth-order valence-electron chi connectivity index (χ4n) is 0.223. The van der Waals surface area contributed by atoms with Crippen molar-refractivity contribution in [2.75, 3.05) is 0 Å². The van der Waals surface area contributed by atoms with Crippen molar-refractivity contribution in [1.82, 2.24) is 0 Å². The van der Waals surface area contributed by atoms with Gasteiger partial charge in [-0.15, -0.1) is 11.8 Å². The first-order valence-electron chi connectivity index (χ1n) is 2.44. The molecule has 0 radical (unpaired) electrons. The lowest BCUT2D eigenvalue weighted by molar-refractivity contribution is 0.897. The van der Waals surface area contributed by atoms with E-state index in [1.165, 1.54) is 0 Å². The largest absolute Gasteiger partial charge is 0.209 e. The maximum Gasteiger partial charge on any atom is 0.117 e. The van der Waals surface area contributed by atoms with Crippen molar-refractivity contribution < 1.29 is 0 Å². The van der Waals surface area contributed by atoms with Crippen LogP contribution in [0.4, 0.5) is 0 Å². The van der Waals surface area contributed by atoms with E-state index < -0.39 is 0 Å². The molecule has 0 spiro atoms. The van der Waals surface area contributed by atoms with Crippen LogP contribution in [0.2, 0.25) is 0 Å². The summed E-state index contributed by atoms with van der Waals surface area (Å²) >= 11 is 1.54. The summed E-state index contributed by atoms with van der Waals surface area (Å²) in [5.74, 6) is 0. The topological polar surface area (TPSA) is 36.2 Å². The van der Waals surface area contributed by atoms with Crippen molar-refractivity contribution in [2.24, 2.45) is 5.11 Å². The number of nitrogens with zero attached hydrogens (tertiary/aromatic N) is 1. The van der Waals surface area contributed by atoms with E-state index in [1.807, 2.05) is 25.3 Å². The third-order valence-electron chi connectivity index (χ3n) is 0.593. The molecule has 0 bridgehead atoms. The van der Waals surface area contributed by atoms with Crippen molar-refractivity contribution in [3.05, 3.63) is 11.5 Å². The maximum absolute atomic E-state index is 6.56. The van der Waals surface area contributed by atoms with Crippen LogP contribution in [0.1, 0.15) is 13.8 Å². The second-order valence-corrected chi connectivity index (χ2v) is 2.56. The van der Waals surface area contributed by atoms with Gasteiger partial charge in [-0.25, -0.2) is 5.53 Å². The Hall–Kier alpha value is -0.310. The highest BCUT2D eigenvalue weighted by Gasteiger charge is 1.90. The molecule has 1 N–H and O–H groups in total. The normalized spacial score (nSPS) is 14.2. The second-order valence-electron chi connectivity index (χ2n) is 1.33. The molecule has 0 aliphatic carbocycles. The van der Waals surface area contributed by atoms with Crippen LogP contribution in [0, 0.1) is 5.53 Å². The third kappa shape index (κ3) is 3.87. The van der Waals surface area contributed by atoms with Crippen LogP contribution >= 0.6 is 11.8 Å². The van der Waals surface area contributed by atoms with Crippen LogP contribution in [-0.4, -0.2) is 5.37 Å². The first-order chi connectivity index (χ1) is 3.81. The summed E-state index contributed by atoms with van der Waals surface area (Å²) in [5, 5.41) is 5.30. The second kappa shape index (κ2) is 4.84. The first-order valence-corrected chi connectivity index (χ1v) is 3.38. The standard InChI is InChI=1S/C5H10N2S/c1-3-4-8-5(2)7-6/h3-6H,1-2H3/b4-3+,7-6?. The summed E-state index contributed by atoms with van der Waals surface area (Å²) in [6.07, 6.45) is 1.94. The van der Waals surface area contributed by atoms with Gasteiger partial charge in [0.2, 0.25) is 0 Å². The van der Waals surface area contributed by atoms with Gasteiger partial charge in [0.15, 0.2) is 0 Å². The van der Waals surface area contributed by atoms with Gasteiger partial charge < -0.3 is 0 Å². The molecule has 0 aromatic heterocycles. The summed E-state index contributed by atoms with van der Waals surface area (Å²) in [7, 11) is 0. The molecule has 1 atom stereocenters. The SMILES string of the molecule is C/C=C/SC(C)N=N. The van der Waals surface area contributed by atoms with Crippen molar-refractivity contribution in [2.45, 2.75) is 19.2 Å². The Bertz CT molecular complexity index is 90.4. The zero-order chi connectivity index (χ0) is 6.41. The Balaban J connectivity index is 3.23. The molecule has 0 heterocycles. The molecule has 1 unspecified atom stereocenters. The molecule has 3 heteroatoms. The van der Waals surface area contributed by atoms with E-state index in [0.29, 0.717) is 0 Å². The van der Waals surface area contributed by atoms with Crippen molar-refractivity contribution in [3.8, 4) is 0 Å². The average molecular weight is 130 g/mol. The number of allylic oxidation sites excluding steroid dienone is 1. The summed E-state index contributed by atoms with van der Waals surface area (Å²) in [5.41, 5.74) is 6.56. The lowest BCUT2D eigenvalue weighted by atomic mass is 10.8. The number of thioether (sulfide) groups is 1. The smallest absolute Gasteiger partial charge is 0.117 e. The van der Waals surface area contributed by atoms with Crippen LogP contribution in [0.25, 0.3) is 0 Å². The van der Waals surface area contributed by atoms with Gasteiger partial charge in [-0.2, -0.15) is 5.11 Å². The highest BCUT2D eigenvalue weighted by Crippen LogP contribution is 2.11. The minimum absolute atomic E-state index is 0.0752. The van der Waals surface area contributed by atoms with Crippen LogP contribution in [0.15, 0.2) is 16.6 Å². The van der Waals surface area contributed by atoms with Gasteiger partial charge in [0.05, 0.1) is 0 Å². The Labute approximate surface area is 53.9 Å². The molecular weight excluding hydrogens is 120 g/mol. The van der Waals surface area contributed by atoms with Gasteiger partial charge in [0, 0.05) is 0 Å². The van der Waals surface area contributed by atoms with Crippen LogP contribution in [0.5, 0.6) is 0 Å². The molecule has 0 saturated heterocycles. The molecule has 2 nitrogen and oxygen atoms in total. The van der Waals surface area contributed by atoms with Gasteiger partial charge in [-0.3, -0.25) is 0 Å². The van der Waals surface area contributed by atoms with E-state index in [0.717, 1.165) is 0 Å². The molecule has 0 fully saturated rings. The van der Waals surface area contributed by atoms with E-state index in [2.05, 4.69) is 5.11 Å². The molecular formula is C5H10N2S. The van der Waals surface area contributed by atoms with Crippen molar-refractivity contribution in [3.63, 3.8) is 0 Å². The molecule has 46 valence electrons. The third-order valence-corrected chi connectivity index (χ3v) is 1.52. The van der Waals surface area contributed by atoms with E-state index in [9.17, 15) is 0 Å². The molecule has 0 aromatic rings. The van der Waals surface area contributed by atoms with Gasteiger partial charge in [0.1, 0.15) is 5.37 Å². The van der Waals surface area contributed by atoms with E-state index in [1.54, 1.807) is 11.8 Å². The highest BCUT2D eigenvalue weighted by molar-refractivity contribution is 8.02.